The fourth-order valence-electron chi connectivity index (χ4n) is 2.07. The van der Waals surface area contributed by atoms with E-state index in [1.54, 1.807) is 0 Å². The van der Waals surface area contributed by atoms with Crippen LogP contribution in [0.2, 0.25) is 0 Å². The Labute approximate surface area is 99.1 Å². The van der Waals surface area contributed by atoms with Crippen LogP contribution in [0.3, 0.4) is 0 Å². The molecule has 3 nitrogen and oxygen atoms in total. The number of rotatable bonds is 6. The molecule has 1 saturated carbocycles. The van der Waals surface area contributed by atoms with Crippen molar-refractivity contribution in [1.29, 1.82) is 0 Å². The van der Waals surface area contributed by atoms with Crippen LogP contribution < -0.4 is 10.6 Å². The van der Waals surface area contributed by atoms with Crippen molar-refractivity contribution in [2.75, 3.05) is 19.6 Å². The summed E-state index contributed by atoms with van der Waals surface area (Å²) in [4.78, 5) is 11.0. The lowest BCUT2D eigenvalue weighted by Gasteiger charge is -2.11. The fraction of sp³-hybridized carbons (Fsp3) is 0.909. The topological polar surface area (TPSA) is 41.1 Å². The van der Waals surface area contributed by atoms with Crippen molar-refractivity contribution in [3.05, 3.63) is 0 Å². The Morgan fingerprint density at radius 3 is 2.47 bits per heavy atom. The molecule has 1 rings (SSSR count). The molecular formula is C11H19F3N2O. The average Bonchev–Trinajstić information content (AvgIpc) is 2.73. The predicted molar refractivity (Wildman–Crippen MR) is 58.5 cm³/mol. The predicted octanol–water partition coefficient (Wildman–Crippen LogP) is 1.83. The van der Waals surface area contributed by atoms with Gasteiger partial charge in [0.05, 0.1) is 6.54 Å². The van der Waals surface area contributed by atoms with E-state index in [0.29, 0.717) is 6.54 Å². The van der Waals surface area contributed by atoms with Gasteiger partial charge >= 0.3 is 6.18 Å². The van der Waals surface area contributed by atoms with Gasteiger partial charge in [0.25, 0.3) is 0 Å². The fourth-order valence-corrected chi connectivity index (χ4v) is 2.07. The summed E-state index contributed by atoms with van der Waals surface area (Å²) in [6.07, 6.45) is 1.70. The zero-order valence-electron chi connectivity index (χ0n) is 9.78. The highest BCUT2D eigenvalue weighted by atomic mass is 19.4. The van der Waals surface area contributed by atoms with Crippen molar-refractivity contribution < 1.29 is 18.0 Å². The second-order valence-corrected chi connectivity index (χ2v) is 4.51. The molecule has 17 heavy (non-hydrogen) atoms. The van der Waals surface area contributed by atoms with E-state index in [0.717, 1.165) is 12.3 Å². The van der Waals surface area contributed by atoms with E-state index in [1.165, 1.54) is 25.7 Å². The number of carbonyl (C=O) groups is 1. The first-order valence-corrected chi connectivity index (χ1v) is 6.01. The quantitative estimate of drug-likeness (QED) is 0.708. The third kappa shape index (κ3) is 7.20. The van der Waals surface area contributed by atoms with Crippen molar-refractivity contribution >= 4 is 5.91 Å². The number of halogens is 3. The molecule has 1 amide bonds. The number of carbonyl (C=O) groups excluding carboxylic acids is 1. The van der Waals surface area contributed by atoms with E-state index in [2.05, 4.69) is 5.32 Å². The van der Waals surface area contributed by atoms with Crippen LogP contribution in [-0.2, 0) is 4.79 Å². The monoisotopic (exact) mass is 252 g/mol. The largest absolute Gasteiger partial charge is 0.405 e. The minimum atomic E-state index is -4.33. The van der Waals surface area contributed by atoms with Crippen LogP contribution in [-0.4, -0.2) is 31.7 Å². The van der Waals surface area contributed by atoms with Crippen molar-refractivity contribution in [3.63, 3.8) is 0 Å². The minimum absolute atomic E-state index is 0.0389. The highest BCUT2D eigenvalue weighted by Crippen LogP contribution is 2.26. The van der Waals surface area contributed by atoms with Crippen LogP contribution in [0, 0.1) is 5.92 Å². The molecule has 0 unspecified atom stereocenters. The molecule has 0 aromatic rings. The van der Waals surface area contributed by atoms with Gasteiger partial charge in [0.15, 0.2) is 0 Å². The molecule has 0 saturated heterocycles. The molecule has 0 spiro atoms. The van der Waals surface area contributed by atoms with Gasteiger partial charge in [-0.05, 0) is 18.9 Å². The molecule has 100 valence electrons. The number of hydrogen-bond donors (Lipinski definition) is 2. The normalized spacial score (nSPS) is 17.4. The van der Waals surface area contributed by atoms with Crippen LogP contribution in [0.15, 0.2) is 0 Å². The van der Waals surface area contributed by atoms with E-state index >= 15 is 0 Å². The summed E-state index contributed by atoms with van der Waals surface area (Å²) in [5.41, 5.74) is 0. The Kier molecular flexibility index (Phi) is 5.74. The van der Waals surface area contributed by atoms with E-state index < -0.39 is 18.6 Å². The Balaban J connectivity index is 1.96. The van der Waals surface area contributed by atoms with Crippen molar-refractivity contribution in [1.82, 2.24) is 10.6 Å². The van der Waals surface area contributed by atoms with Crippen molar-refractivity contribution in [2.45, 2.75) is 38.3 Å². The zero-order chi connectivity index (χ0) is 12.7. The highest BCUT2D eigenvalue weighted by Gasteiger charge is 2.27. The summed E-state index contributed by atoms with van der Waals surface area (Å²) in [5, 5.41) is 4.69. The lowest BCUT2D eigenvalue weighted by atomic mass is 10.0. The molecular weight excluding hydrogens is 233 g/mol. The van der Waals surface area contributed by atoms with Gasteiger partial charge in [0.1, 0.15) is 6.54 Å². The lowest BCUT2D eigenvalue weighted by molar-refractivity contribution is -0.137. The Morgan fingerprint density at radius 1 is 1.24 bits per heavy atom. The van der Waals surface area contributed by atoms with Crippen LogP contribution in [0.4, 0.5) is 13.2 Å². The van der Waals surface area contributed by atoms with Crippen molar-refractivity contribution in [3.8, 4) is 0 Å². The first kappa shape index (κ1) is 14.3. The summed E-state index contributed by atoms with van der Waals surface area (Å²) in [6.45, 7) is -0.594. The summed E-state index contributed by atoms with van der Waals surface area (Å²) >= 11 is 0. The Bertz CT molecular complexity index is 237. The standard InChI is InChI=1S/C11H19F3N2O/c12-11(13,14)8-16-10(17)7-15-6-5-9-3-1-2-4-9/h9,15H,1-8H2,(H,16,17). The van der Waals surface area contributed by atoms with Gasteiger partial charge in [0, 0.05) is 0 Å². The van der Waals surface area contributed by atoms with Crippen LogP contribution in [0.25, 0.3) is 0 Å². The maximum absolute atomic E-state index is 11.8. The van der Waals surface area contributed by atoms with E-state index in [-0.39, 0.29) is 6.54 Å². The molecule has 0 radical (unpaired) electrons. The minimum Gasteiger partial charge on any atom is -0.346 e. The van der Waals surface area contributed by atoms with E-state index in [4.69, 9.17) is 0 Å². The molecule has 0 heterocycles. The zero-order valence-corrected chi connectivity index (χ0v) is 9.78. The molecule has 0 aromatic carbocycles. The van der Waals surface area contributed by atoms with Gasteiger partial charge < -0.3 is 10.6 Å². The summed E-state index contributed by atoms with van der Waals surface area (Å²) < 4.78 is 35.3. The van der Waals surface area contributed by atoms with E-state index in [9.17, 15) is 18.0 Å². The number of hydrogen-bond acceptors (Lipinski definition) is 2. The Hall–Kier alpha value is -0.780. The van der Waals surface area contributed by atoms with Gasteiger partial charge in [-0.25, -0.2) is 0 Å². The van der Waals surface area contributed by atoms with Gasteiger partial charge in [-0.2, -0.15) is 13.2 Å². The molecule has 0 aromatic heterocycles. The van der Waals surface area contributed by atoms with Crippen LogP contribution in [0.1, 0.15) is 32.1 Å². The summed E-state index contributed by atoms with van der Waals surface area (Å²) in [5.74, 6) is 0.120. The Morgan fingerprint density at radius 2 is 1.88 bits per heavy atom. The molecule has 6 heteroatoms. The second-order valence-electron chi connectivity index (χ2n) is 4.51. The second kappa shape index (κ2) is 6.83. The van der Waals surface area contributed by atoms with E-state index in [1.807, 2.05) is 5.32 Å². The summed E-state index contributed by atoms with van der Waals surface area (Å²) in [7, 11) is 0. The smallest absolute Gasteiger partial charge is 0.346 e. The average molecular weight is 252 g/mol. The summed E-state index contributed by atoms with van der Waals surface area (Å²) in [6, 6.07) is 0. The SMILES string of the molecule is O=C(CNCCC1CCCC1)NCC(F)(F)F. The molecule has 1 aliphatic rings. The molecule has 1 aliphatic carbocycles. The number of alkyl halides is 3. The molecule has 0 atom stereocenters. The molecule has 0 aliphatic heterocycles. The van der Waals surface area contributed by atoms with Crippen LogP contribution >= 0.6 is 0 Å². The highest BCUT2D eigenvalue weighted by molar-refractivity contribution is 5.77. The third-order valence-corrected chi connectivity index (χ3v) is 2.98. The van der Waals surface area contributed by atoms with Gasteiger partial charge in [-0.3, -0.25) is 4.79 Å². The maximum atomic E-state index is 11.8. The van der Waals surface area contributed by atoms with Gasteiger partial charge in [-0.1, -0.05) is 25.7 Å². The van der Waals surface area contributed by atoms with Crippen LogP contribution in [0.5, 0.6) is 0 Å². The molecule has 2 N–H and O–H groups in total. The van der Waals surface area contributed by atoms with Crippen molar-refractivity contribution in [2.24, 2.45) is 5.92 Å². The first-order valence-electron chi connectivity index (χ1n) is 6.01. The van der Waals surface area contributed by atoms with Gasteiger partial charge in [0.2, 0.25) is 5.91 Å². The third-order valence-electron chi connectivity index (χ3n) is 2.98. The first-order chi connectivity index (χ1) is 7.97. The maximum Gasteiger partial charge on any atom is 0.405 e. The molecule has 1 fully saturated rings. The molecule has 0 bridgehead atoms. The lowest BCUT2D eigenvalue weighted by Crippen LogP contribution is -2.39. The number of nitrogens with one attached hydrogen (secondary N) is 2. The van der Waals surface area contributed by atoms with Gasteiger partial charge in [-0.15, -0.1) is 0 Å². The number of amides is 1.